The summed E-state index contributed by atoms with van der Waals surface area (Å²) < 4.78 is 17.8. The fourth-order valence-corrected chi connectivity index (χ4v) is 3.63. The van der Waals surface area contributed by atoms with Crippen molar-refractivity contribution in [3.8, 4) is 34.3 Å². The molecule has 0 aliphatic rings. The lowest BCUT2D eigenvalue weighted by Gasteiger charge is -2.15. The van der Waals surface area contributed by atoms with Crippen LogP contribution in [0.25, 0.3) is 11.3 Å². The summed E-state index contributed by atoms with van der Waals surface area (Å²) in [5, 5.41) is 4.74. The minimum Gasteiger partial charge on any atom is -0.497 e. The average Bonchev–Trinajstić information content (AvgIpc) is 2.85. The maximum Gasteiger partial charge on any atom is 0.311 e. The summed E-state index contributed by atoms with van der Waals surface area (Å²) in [6.07, 6.45) is 0. The van der Waals surface area contributed by atoms with Gasteiger partial charge in [0.1, 0.15) is 28.0 Å². The molecule has 0 spiro atoms. The van der Waals surface area contributed by atoms with Crippen molar-refractivity contribution >= 4 is 11.6 Å². The Kier molecular flexibility index (Phi) is 6.66. The lowest BCUT2D eigenvalue weighted by Crippen LogP contribution is -2.26. The van der Waals surface area contributed by atoms with Crippen molar-refractivity contribution in [2.45, 2.75) is 13.5 Å². The third-order valence-corrected chi connectivity index (χ3v) is 5.63. The van der Waals surface area contributed by atoms with Gasteiger partial charge in [-0.3, -0.25) is 4.79 Å². The molecule has 0 saturated carbocycles. The summed E-state index contributed by atoms with van der Waals surface area (Å²) in [6.45, 7) is 2.28. The van der Waals surface area contributed by atoms with Crippen LogP contribution < -0.4 is 19.8 Å². The second-order valence-corrected chi connectivity index (χ2v) is 7.77. The summed E-state index contributed by atoms with van der Waals surface area (Å²) in [7, 11) is 3.18. The number of hydrogen-bond donors (Lipinski definition) is 0. The van der Waals surface area contributed by atoms with Crippen LogP contribution in [0.15, 0.2) is 77.6 Å². The third-order valence-electron chi connectivity index (χ3n) is 5.28. The highest BCUT2D eigenvalue weighted by molar-refractivity contribution is 6.34. The highest BCUT2D eigenvalue weighted by Gasteiger charge is 2.20. The van der Waals surface area contributed by atoms with E-state index >= 15 is 0 Å². The molecule has 6 nitrogen and oxygen atoms in total. The Morgan fingerprint density at radius 2 is 1.42 bits per heavy atom. The van der Waals surface area contributed by atoms with E-state index in [4.69, 9.17) is 25.8 Å². The molecule has 168 valence electrons. The summed E-state index contributed by atoms with van der Waals surface area (Å²) >= 11 is 6.68. The first-order valence-electron chi connectivity index (χ1n) is 10.3. The van der Waals surface area contributed by atoms with E-state index in [-0.39, 0.29) is 17.3 Å². The standard InChI is InChI=1S/C26H23ClN2O4/c1-17-6-4-5-7-19(17)16-29-26(30)25(33-22-14-12-21(32-3)13-15-22)23(27)24(28-29)18-8-10-20(31-2)11-9-18/h4-15H,16H2,1-3H3. The van der Waals surface area contributed by atoms with Gasteiger partial charge in [-0.15, -0.1) is 0 Å². The van der Waals surface area contributed by atoms with Crippen LogP contribution in [0.4, 0.5) is 0 Å². The van der Waals surface area contributed by atoms with Crippen molar-refractivity contribution in [2.24, 2.45) is 0 Å². The minimum atomic E-state index is -0.420. The molecular formula is C26H23ClN2O4. The lowest BCUT2D eigenvalue weighted by molar-refractivity contribution is 0.412. The number of methoxy groups -OCH3 is 2. The zero-order valence-electron chi connectivity index (χ0n) is 18.5. The maximum absolute atomic E-state index is 13.4. The van der Waals surface area contributed by atoms with Gasteiger partial charge in [0, 0.05) is 5.56 Å². The molecular weight excluding hydrogens is 440 g/mol. The van der Waals surface area contributed by atoms with E-state index in [9.17, 15) is 4.79 Å². The molecule has 0 saturated heterocycles. The van der Waals surface area contributed by atoms with E-state index in [0.717, 1.165) is 16.7 Å². The Hall–Kier alpha value is -3.77. The summed E-state index contributed by atoms with van der Waals surface area (Å²) in [5.74, 6) is 1.86. The lowest BCUT2D eigenvalue weighted by atomic mass is 10.1. The van der Waals surface area contributed by atoms with Crippen LogP contribution in [0.3, 0.4) is 0 Å². The highest BCUT2D eigenvalue weighted by Crippen LogP contribution is 2.34. The molecule has 0 atom stereocenters. The van der Waals surface area contributed by atoms with E-state index in [1.165, 1.54) is 4.68 Å². The first kappa shape index (κ1) is 22.4. The Labute approximate surface area is 196 Å². The normalized spacial score (nSPS) is 10.7. The number of nitrogens with zero attached hydrogens (tertiary/aromatic N) is 2. The number of benzene rings is 3. The van der Waals surface area contributed by atoms with E-state index in [2.05, 4.69) is 5.10 Å². The van der Waals surface area contributed by atoms with E-state index in [1.54, 1.807) is 38.5 Å². The minimum absolute atomic E-state index is 0.0104. The number of rotatable bonds is 7. The van der Waals surface area contributed by atoms with Gasteiger partial charge in [0.25, 0.3) is 0 Å². The van der Waals surface area contributed by atoms with Crippen LogP contribution in [-0.4, -0.2) is 24.0 Å². The zero-order valence-corrected chi connectivity index (χ0v) is 19.3. The summed E-state index contributed by atoms with van der Waals surface area (Å²) in [4.78, 5) is 13.4. The molecule has 4 aromatic rings. The molecule has 1 heterocycles. The van der Waals surface area contributed by atoms with Crippen LogP contribution in [-0.2, 0) is 6.54 Å². The first-order chi connectivity index (χ1) is 16.0. The molecule has 0 aliphatic heterocycles. The van der Waals surface area contributed by atoms with Gasteiger partial charge in [-0.2, -0.15) is 5.10 Å². The van der Waals surface area contributed by atoms with Crippen molar-refractivity contribution in [1.29, 1.82) is 0 Å². The third kappa shape index (κ3) is 4.86. The molecule has 4 rings (SSSR count). The van der Waals surface area contributed by atoms with E-state index < -0.39 is 5.56 Å². The number of ether oxygens (including phenoxy) is 3. The Morgan fingerprint density at radius 3 is 2.03 bits per heavy atom. The fourth-order valence-electron chi connectivity index (χ4n) is 3.37. The average molecular weight is 463 g/mol. The van der Waals surface area contributed by atoms with Gasteiger partial charge in [0.05, 0.1) is 20.8 Å². The monoisotopic (exact) mass is 462 g/mol. The molecule has 0 amide bonds. The Morgan fingerprint density at radius 1 is 0.848 bits per heavy atom. The van der Waals surface area contributed by atoms with Crippen molar-refractivity contribution in [1.82, 2.24) is 9.78 Å². The molecule has 0 aliphatic carbocycles. The van der Waals surface area contributed by atoms with Gasteiger partial charge in [0.2, 0.25) is 5.75 Å². The zero-order chi connectivity index (χ0) is 23.4. The Balaban J connectivity index is 1.83. The molecule has 0 bridgehead atoms. The van der Waals surface area contributed by atoms with Crippen LogP contribution in [0, 0.1) is 6.92 Å². The topological polar surface area (TPSA) is 62.6 Å². The van der Waals surface area contributed by atoms with Crippen LogP contribution in [0.5, 0.6) is 23.0 Å². The van der Waals surface area contributed by atoms with Crippen LogP contribution in [0.1, 0.15) is 11.1 Å². The predicted molar refractivity (Wildman–Crippen MR) is 129 cm³/mol. The van der Waals surface area contributed by atoms with Crippen LogP contribution in [0.2, 0.25) is 5.02 Å². The number of aromatic nitrogens is 2. The van der Waals surface area contributed by atoms with E-state index in [0.29, 0.717) is 22.9 Å². The smallest absolute Gasteiger partial charge is 0.311 e. The van der Waals surface area contributed by atoms with Crippen molar-refractivity contribution in [3.05, 3.63) is 99.3 Å². The maximum atomic E-state index is 13.4. The molecule has 0 unspecified atom stereocenters. The fraction of sp³-hybridized carbons (Fsp3) is 0.154. The Bertz CT molecular complexity index is 1320. The van der Waals surface area contributed by atoms with Gasteiger partial charge < -0.3 is 14.2 Å². The quantitative estimate of drug-likeness (QED) is 0.351. The number of aryl methyl sites for hydroxylation is 1. The number of halogens is 1. The molecule has 0 N–H and O–H groups in total. The molecule has 0 radical (unpaired) electrons. The van der Waals surface area contributed by atoms with Crippen molar-refractivity contribution in [2.75, 3.05) is 14.2 Å². The van der Waals surface area contributed by atoms with E-state index in [1.807, 2.05) is 55.5 Å². The second-order valence-electron chi connectivity index (χ2n) is 7.39. The van der Waals surface area contributed by atoms with Crippen LogP contribution >= 0.6 is 11.6 Å². The molecule has 3 aromatic carbocycles. The van der Waals surface area contributed by atoms with Crippen molar-refractivity contribution < 1.29 is 14.2 Å². The van der Waals surface area contributed by atoms with Gasteiger partial charge in [-0.05, 0) is 66.6 Å². The van der Waals surface area contributed by atoms with Crippen molar-refractivity contribution in [3.63, 3.8) is 0 Å². The highest BCUT2D eigenvalue weighted by atomic mass is 35.5. The largest absolute Gasteiger partial charge is 0.497 e. The number of hydrogen-bond acceptors (Lipinski definition) is 5. The molecule has 0 fully saturated rings. The van der Waals surface area contributed by atoms with Gasteiger partial charge in [0.15, 0.2) is 0 Å². The predicted octanol–water partition coefficient (Wildman–Crippen LogP) is 5.73. The summed E-state index contributed by atoms with van der Waals surface area (Å²) in [6, 6.07) is 22.1. The SMILES string of the molecule is COc1ccc(Oc2c(Cl)c(-c3ccc(OC)cc3)nn(Cc3ccccc3C)c2=O)cc1. The first-order valence-corrected chi connectivity index (χ1v) is 10.7. The second kappa shape index (κ2) is 9.79. The van der Waals surface area contributed by atoms with Gasteiger partial charge >= 0.3 is 5.56 Å². The van der Waals surface area contributed by atoms with Gasteiger partial charge in [-0.1, -0.05) is 35.9 Å². The summed E-state index contributed by atoms with van der Waals surface area (Å²) in [5.41, 5.74) is 2.79. The molecule has 7 heteroatoms. The molecule has 33 heavy (non-hydrogen) atoms. The molecule has 1 aromatic heterocycles. The van der Waals surface area contributed by atoms with Gasteiger partial charge in [-0.25, -0.2) is 4.68 Å².